The molecule has 0 unspecified atom stereocenters. The first-order valence-corrected chi connectivity index (χ1v) is 7.42. The third kappa shape index (κ3) is 3.71. The third-order valence-electron chi connectivity index (χ3n) is 4.09. The molecule has 1 fully saturated rings. The smallest absolute Gasteiger partial charge is 0.0411 e. The van der Waals surface area contributed by atoms with E-state index in [1.807, 2.05) is 0 Å². The number of anilines is 1. The van der Waals surface area contributed by atoms with Gasteiger partial charge in [-0.15, -0.1) is 0 Å². The summed E-state index contributed by atoms with van der Waals surface area (Å²) in [7, 11) is 4.39. The fraction of sp³-hybridized carbons (Fsp3) is 0.625. The molecule has 1 aromatic rings. The summed E-state index contributed by atoms with van der Waals surface area (Å²) < 4.78 is 0. The average Bonchev–Trinajstić information content (AvgIpc) is 2.45. The van der Waals surface area contributed by atoms with Crippen molar-refractivity contribution in [2.45, 2.75) is 32.4 Å². The second kappa shape index (κ2) is 6.92. The van der Waals surface area contributed by atoms with Gasteiger partial charge in [0.15, 0.2) is 0 Å². The number of benzene rings is 1. The number of rotatable bonds is 5. The summed E-state index contributed by atoms with van der Waals surface area (Å²) in [5, 5.41) is 3.44. The lowest BCUT2D eigenvalue weighted by Gasteiger charge is -2.37. The molecule has 0 aromatic heterocycles. The second-order valence-electron chi connectivity index (χ2n) is 5.59. The van der Waals surface area contributed by atoms with Gasteiger partial charge in [-0.05, 0) is 45.1 Å². The summed E-state index contributed by atoms with van der Waals surface area (Å²) in [4.78, 5) is 4.91. The highest BCUT2D eigenvalue weighted by Gasteiger charge is 2.21. The highest BCUT2D eigenvalue weighted by molar-refractivity contribution is 5.54. The maximum atomic E-state index is 3.44. The number of nitrogens with zero attached hydrogens (tertiary/aromatic N) is 2. The maximum Gasteiger partial charge on any atom is 0.0411 e. The summed E-state index contributed by atoms with van der Waals surface area (Å²) >= 11 is 0. The normalized spacial score (nSPS) is 17.2. The van der Waals surface area contributed by atoms with Gasteiger partial charge in [0.2, 0.25) is 0 Å². The standard InChI is InChI=1S/C16H27N3/c1-4-17-13-14-7-5-6-8-16(14)19-11-9-15(10-12-19)18(2)3/h5-8,15,17H,4,9-13H2,1-3H3. The Hall–Kier alpha value is -1.06. The van der Waals surface area contributed by atoms with Crippen LogP contribution in [0.5, 0.6) is 0 Å². The van der Waals surface area contributed by atoms with Crippen LogP contribution in [0.1, 0.15) is 25.3 Å². The van der Waals surface area contributed by atoms with Gasteiger partial charge in [0.25, 0.3) is 0 Å². The van der Waals surface area contributed by atoms with Crippen LogP contribution < -0.4 is 10.2 Å². The van der Waals surface area contributed by atoms with E-state index in [2.05, 4.69) is 60.4 Å². The Morgan fingerprint density at radius 1 is 1.21 bits per heavy atom. The van der Waals surface area contributed by atoms with Crippen LogP contribution in [0.15, 0.2) is 24.3 Å². The maximum absolute atomic E-state index is 3.44. The topological polar surface area (TPSA) is 18.5 Å². The van der Waals surface area contributed by atoms with Gasteiger partial charge in [-0.1, -0.05) is 25.1 Å². The van der Waals surface area contributed by atoms with Gasteiger partial charge in [-0.25, -0.2) is 0 Å². The first-order valence-electron chi connectivity index (χ1n) is 7.42. The molecule has 3 heteroatoms. The van der Waals surface area contributed by atoms with Gasteiger partial charge < -0.3 is 15.1 Å². The summed E-state index contributed by atoms with van der Waals surface area (Å²) in [6, 6.07) is 9.56. The molecule has 0 atom stereocenters. The summed E-state index contributed by atoms with van der Waals surface area (Å²) in [5.74, 6) is 0. The average molecular weight is 261 g/mol. The molecule has 2 rings (SSSR count). The van der Waals surface area contributed by atoms with Gasteiger partial charge in [0.05, 0.1) is 0 Å². The van der Waals surface area contributed by atoms with Gasteiger partial charge in [0, 0.05) is 31.4 Å². The van der Waals surface area contributed by atoms with Crippen molar-refractivity contribution in [3.05, 3.63) is 29.8 Å². The van der Waals surface area contributed by atoms with Crippen LogP contribution in [0.3, 0.4) is 0 Å². The van der Waals surface area contributed by atoms with Crippen LogP contribution in [0.2, 0.25) is 0 Å². The Bertz CT molecular complexity index is 381. The van der Waals surface area contributed by atoms with Crippen molar-refractivity contribution in [2.24, 2.45) is 0 Å². The number of hydrogen-bond donors (Lipinski definition) is 1. The van der Waals surface area contributed by atoms with E-state index in [0.717, 1.165) is 19.1 Å². The SMILES string of the molecule is CCNCc1ccccc1N1CCC(N(C)C)CC1. The van der Waals surface area contributed by atoms with Crippen molar-refractivity contribution in [2.75, 3.05) is 38.6 Å². The molecule has 0 radical (unpaired) electrons. The van der Waals surface area contributed by atoms with Crippen LogP contribution in [0, 0.1) is 0 Å². The number of nitrogens with one attached hydrogen (secondary N) is 1. The lowest BCUT2D eigenvalue weighted by Crippen LogP contribution is -2.42. The molecule has 1 aliphatic rings. The van der Waals surface area contributed by atoms with Crippen molar-refractivity contribution < 1.29 is 0 Å². The zero-order valence-electron chi connectivity index (χ0n) is 12.5. The van der Waals surface area contributed by atoms with Crippen molar-refractivity contribution in [1.29, 1.82) is 0 Å². The van der Waals surface area contributed by atoms with E-state index in [1.165, 1.54) is 37.2 Å². The summed E-state index contributed by atoms with van der Waals surface area (Å²) in [5.41, 5.74) is 2.84. The molecular formula is C16H27N3. The first-order chi connectivity index (χ1) is 9.22. The van der Waals surface area contributed by atoms with Crippen molar-refractivity contribution >= 4 is 5.69 Å². The molecule has 1 saturated heterocycles. The molecule has 0 aliphatic carbocycles. The molecule has 106 valence electrons. The predicted molar refractivity (Wildman–Crippen MR) is 82.7 cm³/mol. The van der Waals surface area contributed by atoms with Crippen LogP contribution in [0.25, 0.3) is 0 Å². The summed E-state index contributed by atoms with van der Waals surface area (Å²) in [6.45, 7) is 6.50. The van der Waals surface area contributed by atoms with E-state index in [-0.39, 0.29) is 0 Å². The Balaban J connectivity index is 2.02. The van der Waals surface area contributed by atoms with E-state index in [9.17, 15) is 0 Å². The highest BCUT2D eigenvalue weighted by atomic mass is 15.2. The number of piperidine rings is 1. The molecule has 0 bridgehead atoms. The Morgan fingerprint density at radius 2 is 1.89 bits per heavy atom. The molecule has 1 N–H and O–H groups in total. The van der Waals surface area contributed by atoms with E-state index in [0.29, 0.717) is 0 Å². The van der Waals surface area contributed by atoms with Crippen molar-refractivity contribution in [3.8, 4) is 0 Å². The van der Waals surface area contributed by atoms with Gasteiger partial charge in [-0.3, -0.25) is 0 Å². The lowest BCUT2D eigenvalue weighted by atomic mass is 10.0. The minimum atomic E-state index is 0.747. The molecule has 0 saturated carbocycles. The molecule has 1 aromatic carbocycles. The zero-order chi connectivity index (χ0) is 13.7. The number of para-hydroxylation sites is 1. The van der Waals surface area contributed by atoms with E-state index >= 15 is 0 Å². The monoisotopic (exact) mass is 261 g/mol. The molecule has 1 heterocycles. The van der Waals surface area contributed by atoms with E-state index in [4.69, 9.17) is 0 Å². The summed E-state index contributed by atoms with van der Waals surface area (Å²) in [6.07, 6.45) is 2.53. The minimum Gasteiger partial charge on any atom is -0.371 e. The van der Waals surface area contributed by atoms with Crippen molar-refractivity contribution in [1.82, 2.24) is 10.2 Å². The van der Waals surface area contributed by atoms with Crippen LogP contribution >= 0.6 is 0 Å². The Labute approximate surface area is 117 Å². The highest BCUT2D eigenvalue weighted by Crippen LogP contribution is 2.25. The molecule has 3 nitrogen and oxygen atoms in total. The zero-order valence-corrected chi connectivity index (χ0v) is 12.5. The van der Waals surface area contributed by atoms with Crippen LogP contribution in [-0.2, 0) is 6.54 Å². The van der Waals surface area contributed by atoms with E-state index in [1.54, 1.807) is 0 Å². The quantitative estimate of drug-likeness (QED) is 0.877. The van der Waals surface area contributed by atoms with Crippen molar-refractivity contribution in [3.63, 3.8) is 0 Å². The Morgan fingerprint density at radius 3 is 2.53 bits per heavy atom. The van der Waals surface area contributed by atoms with Crippen LogP contribution in [-0.4, -0.2) is 44.7 Å². The van der Waals surface area contributed by atoms with Crippen LogP contribution in [0.4, 0.5) is 5.69 Å². The molecule has 0 amide bonds. The third-order valence-corrected chi connectivity index (χ3v) is 4.09. The fourth-order valence-electron chi connectivity index (χ4n) is 2.85. The number of hydrogen-bond acceptors (Lipinski definition) is 3. The Kier molecular flexibility index (Phi) is 5.23. The van der Waals surface area contributed by atoms with E-state index < -0.39 is 0 Å². The molecule has 19 heavy (non-hydrogen) atoms. The fourth-order valence-corrected chi connectivity index (χ4v) is 2.85. The van der Waals surface area contributed by atoms with Gasteiger partial charge in [0.1, 0.15) is 0 Å². The lowest BCUT2D eigenvalue weighted by molar-refractivity contribution is 0.249. The molecule has 1 aliphatic heterocycles. The minimum absolute atomic E-state index is 0.747. The first kappa shape index (κ1) is 14.4. The van der Waals surface area contributed by atoms with Gasteiger partial charge >= 0.3 is 0 Å². The molecular weight excluding hydrogens is 234 g/mol. The largest absolute Gasteiger partial charge is 0.371 e. The predicted octanol–water partition coefficient (Wildman–Crippen LogP) is 2.33. The molecule has 0 spiro atoms. The van der Waals surface area contributed by atoms with Gasteiger partial charge in [-0.2, -0.15) is 0 Å². The second-order valence-corrected chi connectivity index (χ2v) is 5.59.